The van der Waals surface area contributed by atoms with Crippen molar-refractivity contribution in [2.75, 3.05) is 19.8 Å². The maximum Gasteiger partial charge on any atom is 0.108 e. The lowest BCUT2D eigenvalue weighted by Gasteiger charge is -1.96. The van der Waals surface area contributed by atoms with Gasteiger partial charge in [-0.25, -0.2) is 0 Å². The molecule has 0 bridgehead atoms. The number of aliphatic hydroxyl groups excluding tert-OH is 1. The van der Waals surface area contributed by atoms with Gasteiger partial charge < -0.3 is 9.84 Å². The monoisotopic (exact) mass is 254 g/mol. The number of hydrogen-bond acceptors (Lipinski definition) is 2. The zero-order valence-corrected chi connectivity index (χ0v) is 7.93. The summed E-state index contributed by atoms with van der Waals surface area (Å²) in [5.74, 6) is 2.78. The van der Waals surface area contributed by atoms with Gasteiger partial charge in [-0.15, -0.1) is 0 Å². The van der Waals surface area contributed by atoms with E-state index >= 15 is 0 Å². The van der Waals surface area contributed by atoms with Gasteiger partial charge in [-0.05, 0) is 16.8 Å². The molecule has 0 fully saturated rings. The second kappa shape index (κ2) is 9.21. The zero-order valence-electron chi connectivity index (χ0n) is 5.77. The lowest BCUT2D eigenvalue weighted by atomic mass is 10.3. The summed E-state index contributed by atoms with van der Waals surface area (Å²) in [5.41, 5.74) is 0. The van der Waals surface area contributed by atoms with E-state index in [4.69, 9.17) is 9.84 Å². The summed E-state index contributed by atoms with van der Waals surface area (Å²) in [7, 11) is 0. The predicted molar refractivity (Wildman–Crippen MR) is 48.9 cm³/mol. The summed E-state index contributed by atoms with van der Waals surface area (Å²) in [6.45, 7) is 1.46. The minimum atomic E-state index is 0.251. The smallest absolute Gasteiger partial charge is 0.108 e. The van der Waals surface area contributed by atoms with Gasteiger partial charge in [0.15, 0.2) is 0 Å². The maximum atomic E-state index is 8.38. The number of rotatable bonds is 5. The van der Waals surface area contributed by atoms with Crippen molar-refractivity contribution in [1.29, 1.82) is 0 Å². The van der Waals surface area contributed by atoms with Gasteiger partial charge in [-0.1, -0.05) is 5.92 Å². The largest absolute Gasteiger partial charge is 0.396 e. The van der Waals surface area contributed by atoms with Gasteiger partial charge in [0.05, 0.1) is 0 Å². The van der Waals surface area contributed by atoms with Crippen LogP contribution in [0.4, 0.5) is 0 Å². The third-order valence-corrected chi connectivity index (χ3v) is 1.32. The molecule has 3 heteroatoms. The Kier molecular flexibility index (Phi) is 9.40. The van der Waals surface area contributed by atoms with E-state index in [-0.39, 0.29) is 6.61 Å². The molecule has 0 amide bonds. The standard InChI is InChI=1S/C7H11IO2/c8-4-3-7-10-6-2-1-5-9/h9H,1-2,5-7H2. The van der Waals surface area contributed by atoms with Crippen LogP contribution >= 0.6 is 22.6 Å². The number of aliphatic hydroxyl groups is 1. The van der Waals surface area contributed by atoms with Crippen LogP contribution in [0.1, 0.15) is 12.8 Å². The van der Waals surface area contributed by atoms with Crippen molar-refractivity contribution in [2.45, 2.75) is 12.8 Å². The van der Waals surface area contributed by atoms with Crippen LogP contribution in [0.2, 0.25) is 0 Å². The fourth-order valence-electron chi connectivity index (χ4n) is 0.466. The average Bonchev–Trinajstić information content (AvgIpc) is 1.97. The minimum Gasteiger partial charge on any atom is -0.396 e. The normalized spacial score (nSPS) is 8.60. The molecule has 0 unspecified atom stereocenters. The molecule has 0 saturated heterocycles. The van der Waals surface area contributed by atoms with Crippen molar-refractivity contribution in [1.82, 2.24) is 0 Å². The molecule has 58 valence electrons. The van der Waals surface area contributed by atoms with Crippen LogP contribution in [0.25, 0.3) is 0 Å². The molecule has 0 rings (SSSR count). The summed E-state index contributed by atoms with van der Waals surface area (Å²) in [5, 5.41) is 8.38. The van der Waals surface area contributed by atoms with Crippen molar-refractivity contribution >= 4 is 22.6 Å². The second-order valence-corrected chi connectivity index (χ2v) is 2.29. The Hall–Kier alpha value is 0.210. The van der Waals surface area contributed by atoms with Crippen molar-refractivity contribution in [3.8, 4) is 9.85 Å². The molecule has 0 aliphatic carbocycles. The summed E-state index contributed by atoms with van der Waals surface area (Å²) < 4.78 is 7.79. The van der Waals surface area contributed by atoms with Crippen LogP contribution in [0.15, 0.2) is 0 Å². The van der Waals surface area contributed by atoms with Gasteiger partial charge in [0.1, 0.15) is 6.61 Å². The molecule has 0 radical (unpaired) electrons. The highest BCUT2D eigenvalue weighted by Gasteiger charge is 1.84. The van der Waals surface area contributed by atoms with E-state index in [0.29, 0.717) is 13.2 Å². The Morgan fingerprint density at radius 2 is 2.20 bits per heavy atom. The van der Waals surface area contributed by atoms with Gasteiger partial charge >= 0.3 is 0 Å². The van der Waals surface area contributed by atoms with E-state index in [1.807, 2.05) is 22.6 Å². The summed E-state index contributed by atoms with van der Waals surface area (Å²) in [6, 6.07) is 0. The molecule has 10 heavy (non-hydrogen) atoms. The third kappa shape index (κ3) is 8.21. The number of unbranched alkanes of at least 4 members (excludes halogenated alkanes) is 1. The lowest BCUT2D eigenvalue weighted by Crippen LogP contribution is -1.95. The quantitative estimate of drug-likeness (QED) is 0.453. The first-order valence-electron chi connectivity index (χ1n) is 3.19. The molecule has 0 spiro atoms. The molecular formula is C7H11IO2. The van der Waals surface area contributed by atoms with Crippen LogP contribution in [-0.4, -0.2) is 24.9 Å². The van der Waals surface area contributed by atoms with E-state index in [2.05, 4.69) is 9.85 Å². The summed E-state index contributed by atoms with van der Waals surface area (Å²) >= 11 is 1.97. The van der Waals surface area contributed by atoms with Crippen LogP contribution < -0.4 is 0 Å². The van der Waals surface area contributed by atoms with E-state index in [9.17, 15) is 0 Å². The predicted octanol–water partition coefficient (Wildman–Crippen LogP) is 1.17. The van der Waals surface area contributed by atoms with Crippen LogP contribution in [0.5, 0.6) is 0 Å². The van der Waals surface area contributed by atoms with Gasteiger partial charge in [0.25, 0.3) is 0 Å². The van der Waals surface area contributed by atoms with Crippen LogP contribution in [0.3, 0.4) is 0 Å². The van der Waals surface area contributed by atoms with Crippen LogP contribution in [0, 0.1) is 9.85 Å². The Labute approximate surface area is 75.1 Å². The molecular weight excluding hydrogens is 243 g/mol. The highest BCUT2D eigenvalue weighted by atomic mass is 127. The van der Waals surface area contributed by atoms with Gasteiger partial charge in [0.2, 0.25) is 0 Å². The molecule has 0 aromatic rings. The van der Waals surface area contributed by atoms with Crippen molar-refractivity contribution in [2.24, 2.45) is 0 Å². The molecule has 0 aromatic carbocycles. The minimum absolute atomic E-state index is 0.251. The van der Waals surface area contributed by atoms with Gasteiger partial charge in [0, 0.05) is 35.8 Å². The van der Waals surface area contributed by atoms with Gasteiger partial charge in [-0.2, -0.15) is 0 Å². The molecule has 0 saturated carbocycles. The molecule has 2 nitrogen and oxygen atoms in total. The van der Waals surface area contributed by atoms with E-state index in [1.165, 1.54) is 0 Å². The van der Waals surface area contributed by atoms with Gasteiger partial charge in [-0.3, -0.25) is 0 Å². The maximum absolute atomic E-state index is 8.38. The number of halogens is 1. The van der Waals surface area contributed by atoms with E-state index in [1.54, 1.807) is 0 Å². The fraction of sp³-hybridized carbons (Fsp3) is 0.714. The first-order chi connectivity index (χ1) is 4.91. The zero-order chi connectivity index (χ0) is 7.66. The van der Waals surface area contributed by atoms with Crippen molar-refractivity contribution in [3.05, 3.63) is 0 Å². The molecule has 0 aliphatic heterocycles. The molecule has 0 aromatic heterocycles. The Bertz CT molecular complexity index is 115. The van der Waals surface area contributed by atoms with E-state index < -0.39 is 0 Å². The first kappa shape index (κ1) is 10.2. The fourth-order valence-corrected chi connectivity index (χ4v) is 0.622. The second-order valence-electron chi connectivity index (χ2n) is 1.75. The Morgan fingerprint density at radius 1 is 1.40 bits per heavy atom. The van der Waals surface area contributed by atoms with Crippen molar-refractivity contribution in [3.63, 3.8) is 0 Å². The number of ether oxygens (including phenoxy) is 1. The first-order valence-corrected chi connectivity index (χ1v) is 4.26. The Balaban J connectivity index is 2.82. The van der Waals surface area contributed by atoms with E-state index in [0.717, 1.165) is 12.8 Å². The average molecular weight is 254 g/mol. The number of hydrogen-bond donors (Lipinski definition) is 1. The highest BCUT2D eigenvalue weighted by Crippen LogP contribution is 1.87. The SMILES string of the molecule is OCCCCOCC#CI. The topological polar surface area (TPSA) is 29.5 Å². The third-order valence-electron chi connectivity index (χ3n) is 0.938. The highest BCUT2D eigenvalue weighted by molar-refractivity contribution is 14.1. The summed E-state index contributed by atoms with van der Waals surface area (Å²) in [4.78, 5) is 0. The molecule has 1 N–H and O–H groups in total. The Morgan fingerprint density at radius 3 is 2.80 bits per heavy atom. The molecule has 0 heterocycles. The lowest BCUT2D eigenvalue weighted by molar-refractivity contribution is 0.154. The molecule has 0 atom stereocenters. The van der Waals surface area contributed by atoms with Crippen molar-refractivity contribution < 1.29 is 9.84 Å². The summed E-state index contributed by atoms with van der Waals surface area (Å²) in [6.07, 6.45) is 1.73. The van der Waals surface area contributed by atoms with Crippen LogP contribution in [-0.2, 0) is 4.74 Å². The molecule has 0 aliphatic rings.